The van der Waals surface area contributed by atoms with Gasteiger partial charge in [0.25, 0.3) is 0 Å². The Labute approximate surface area is 143 Å². The number of hydrogen-bond acceptors (Lipinski definition) is 3. The first-order chi connectivity index (χ1) is 11.5. The largest absolute Gasteiger partial charge is 0.417 e. The molecule has 5 nitrogen and oxygen atoms in total. The lowest BCUT2D eigenvalue weighted by molar-refractivity contribution is -0.116. The molecule has 24 heavy (non-hydrogen) atoms. The number of likely N-dealkylation sites (N-methyl/N-ethyl adjacent to an activating group) is 1. The number of unbranched alkanes of at least 4 members (excludes halogenated alkanes) is 4. The van der Waals surface area contributed by atoms with E-state index in [0.29, 0.717) is 16.7 Å². The second kappa shape index (κ2) is 10.5. The third-order valence-electron chi connectivity index (χ3n) is 3.62. The Bertz CT molecular complexity index is 722. The predicted molar refractivity (Wildman–Crippen MR) is 99.0 cm³/mol. The van der Waals surface area contributed by atoms with Crippen molar-refractivity contribution in [1.29, 1.82) is 0 Å². The maximum absolute atomic E-state index is 11.3. The molecule has 0 bridgehead atoms. The molecule has 132 valence electrons. The summed E-state index contributed by atoms with van der Waals surface area (Å²) in [5.41, 5.74) is 2.55. The molecule has 0 radical (unpaired) electrons. The first-order valence-corrected chi connectivity index (χ1v) is 8.55. The lowest BCUT2D eigenvalue weighted by Gasteiger charge is -1.99. The fraction of sp³-hybridized carbons (Fsp3) is 0.474. The van der Waals surface area contributed by atoms with Crippen molar-refractivity contribution in [3.8, 4) is 0 Å². The average molecular weight is 332 g/mol. The second-order valence-corrected chi connectivity index (χ2v) is 5.74. The van der Waals surface area contributed by atoms with Crippen LogP contribution >= 0.6 is 0 Å². The van der Waals surface area contributed by atoms with Gasteiger partial charge in [-0.1, -0.05) is 52.0 Å². The Kier molecular flexibility index (Phi) is 8.61. The number of carbonyl (C=O) groups is 1. The molecule has 0 saturated heterocycles. The van der Waals surface area contributed by atoms with Crippen molar-refractivity contribution in [1.82, 2.24) is 10.3 Å². The third kappa shape index (κ3) is 6.44. The molecular weight excluding hydrogens is 304 g/mol. The van der Waals surface area contributed by atoms with Crippen LogP contribution in [0.2, 0.25) is 0 Å². The van der Waals surface area contributed by atoms with Crippen molar-refractivity contribution < 1.29 is 9.21 Å². The number of carbonyl (C=O) groups excluding carboxylic acids is 1. The summed E-state index contributed by atoms with van der Waals surface area (Å²) in [6.07, 6.45) is 8.75. The van der Waals surface area contributed by atoms with E-state index in [4.69, 9.17) is 4.42 Å². The molecule has 1 aromatic heterocycles. The number of fused-ring (bicyclic) bond motifs is 1. The molecule has 2 aromatic rings. The van der Waals surface area contributed by atoms with Crippen LogP contribution in [0.3, 0.4) is 0 Å². The van der Waals surface area contributed by atoms with E-state index in [2.05, 4.69) is 24.1 Å². The van der Waals surface area contributed by atoms with E-state index >= 15 is 0 Å². The van der Waals surface area contributed by atoms with E-state index in [9.17, 15) is 9.59 Å². The first-order valence-electron chi connectivity index (χ1n) is 8.55. The summed E-state index contributed by atoms with van der Waals surface area (Å²) in [5, 5.41) is 2.54. The van der Waals surface area contributed by atoms with Crippen LogP contribution in [0, 0.1) is 0 Å². The molecule has 0 aliphatic heterocycles. The van der Waals surface area contributed by atoms with Crippen LogP contribution in [0.1, 0.15) is 58.4 Å². The minimum atomic E-state index is -0.482. The molecule has 0 fully saturated rings. The van der Waals surface area contributed by atoms with Crippen molar-refractivity contribution in [2.24, 2.45) is 0 Å². The van der Waals surface area contributed by atoms with Crippen molar-refractivity contribution in [2.45, 2.75) is 52.9 Å². The molecule has 0 atom stereocenters. The lowest BCUT2D eigenvalue weighted by atomic mass is 10.1. The highest BCUT2D eigenvalue weighted by Gasteiger charge is 2.03. The van der Waals surface area contributed by atoms with E-state index in [1.807, 2.05) is 0 Å². The number of rotatable bonds is 6. The van der Waals surface area contributed by atoms with Gasteiger partial charge in [-0.15, -0.1) is 0 Å². The fourth-order valence-electron chi connectivity index (χ4n) is 2.25. The summed E-state index contributed by atoms with van der Waals surface area (Å²) in [7, 11) is 1.58. The number of H-pyrrole nitrogens is 1. The molecule has 1 heterocycles. The second-order valence-electron chi connectivity index (χ2n) is 5.74. The highest BCUT2D eigenvalue weighted by atomic mass is 16.4. The van der Waals surface area contributed by atoms with Crippen LogP contribution in [0.4, 0.5) is 0 Å². The SMILES string of the molecule is CCCCCCC.CNC(=O)/C(C)=C/c1ccc2oc(=O)[nH]c2c1. The van der Waals surface area contributed by atoms with Gasteiger partial charge in [-0.2, -0.15) is 0 Å². The summed E-state index contributed by atoms with van der Waals surface area (Å²) in [5.74, 6) is -0.616. The Morgan fingerprint density at radius 3 is 2.46 bits per heavy atom. The standard InChI is InChI=1S/C12H12N2O3.C7H16/c1-7(11(15)13-2)5-8-3-4-10-9(6-8)14-12(16)17-10;1-3-5-7-6-4-2/h3-6H,1-2H3,(H,13,15)(H,14,16);3-7H2,1-2H3/b7-5+;. The van der Waals surface area contributed by atoms with Gasteiger partial charge in [-0.25, -0.2) is 4.79 Å². The van der Waals surface area contributed by atoms with Gasteiger partial charge in [0.05, 0.1) is 5.52 Å². The Balaban J connectivity index is 0.000000351. The molecule has 0 aliphatic rings. The van der Waals surface area contributed by atoms with E-state index < -0.39 is 5.76 Å². The van der Waals surface area contributed by atoms with E-state index in [1.165, 1.54) is 32.1 Å². The lowest BCUT2D eigenvalue weighted by Crippen LogP contribution is -2.18. The molecule has 0 unspecified atom stereocenters. The molecule has 5 heteroatoms. The number of aromatic amines is 1. The number of amides is 1. The van der Waals surface area contributed by atoms with E-state index in [0.717, 1.165) is 5.56 Å². The minimum absolute atomic E-state index is 0.134. The number of nitrogens with one attached hydrogen (secondary N) is 2. The van der Waals surface area contributed by atoms with Crippen molar-refractivity contribution in [2.75, 3.05) is 7.05 Å². The highest BCUT2D eigenvalue weighted by Crippen LogP contribution is 2.14. The molecule has 2 rings (SSSR count). The highest BCUT2D eigenvalue weighted by molar-refractivity contribution is 5.97. The van der Waals surface area contributed by atoms with E-state index in [-0.39, 0.29) is 5.91 Å². The van der Waals surface area contributed by atoms with Crippen molar-refractivity contribution >= 4 is 23.1 Å². The van der Waals surface area contributed by atoms with Gasteiger partial charge in [-0.3, -0.25) is 9.78 Å². The molecule has 1 aromatic carbocycles. The monoisotopic (exact) mass is 332 g/mol. The minimum Gasteiger partial charge on any atom is -0.408 e. The maximum atomic E-state index is 11.3. The first kappa shape index (κ1) is 19.7. The molecule has 1 amide bonds. The fourth-order valence-corrected chi connectivity index (χ4v) is 2.25. The Hall–Kier alpha value is -2.30. The number of hydrogen-bond donors (Lipinski definition) is 2. The van der Waals surface area contributed by atoms with Gasteiger partial charge in [0, 0.05) is 12.6 Å². The average Bonchev–Trinajstić information content (AvgIpc) is 2.94. The summed E-state index contributed by atoms with van der Waals surface area (Å²) in [6.45, 7) is 6.21. The summed E-state index contributed by atoms with van der Waals surface area (Å²) in [4.78, 5) is 24.9. The summed E-state index contributed by atoms with van der Waals surface area (Å²) < 4.78 is 4.89. The Morgan fingerprint density at radius 2 is 1.88 bits per heavy atom. The van der Waals surface area contributed by atoms with Crippen LogP contribution in [0.15, 0.2) is 33.0 Å². The van der Waals surface area contributed by atoms with Crippen LogP contribution in [0.5, 0.6) is 0 Å². The number of oxazole rings is 1. The van der Waals surface area contributed by atoms with Gasteiger partial charge in [0.15, 0.2) is 5.58 Å². The molecule has 0 aliphatic carbocycles. The van der Waals surface area contributed by atoms with Gasteiger partial charge >= 0.3 is 5.76 Å². The molecule has 0 saturated carbocycles. The van der Waals surface area contributed by atoms with Gasteiger partial charge < -0.3 is 9.73 Å². The van der Waals surface area contributed by atoms with Crippen LogP contribution in [-0.2, 0) is 4.79 Å². The molecular formula is C19H28N2O3. The molecule has 0 spiro atoms. The quantitative estimate of drug-likeness (QED) is 0.613. The molecule has 2 N–H and O–H groups in total. The Morgan fingerprint density at radius 1 is 1.21 bits per heavy atom. The zero-order chi connectivity index (χ0) is 17.9. The third-order valence-corrected chi connectivity index (χ3v) is 3.62. The normalized spacial score (nSPS) is 11.1. The van der Waals surface area contributed by atoms with E-state index in [1.54, 1.807) is 38.2 Å². The zero-order valence-electron chi connectivity index (χ0n) is 15.1. The number of aromatic nitrogens is 1. The van der Waals surface area contributed by atoms with Crippen LogP contribution in [0.25, 0.3) is 17.2 Å². The van der Waals surface area contributed by atoms with Crippen molar-refractivity contribution in [3.05, 3.63) is 39.9 Å². The van der Waals surface area contributed by atoms with Gasteiger partial charge in [0.2, 0.25) is 5.91 Å². The maximum Gasteiger partial charge on any atom is 0.417 e. The van der Waals surface area contributed by atoms with Crippen LogP contribution in [-0.4, -0.2) is 17.9 Å². The number of benzene rings is 1. The zero-order valence-corrected chi connectivity index (χ0v) is 15.1. The smallest absolute Gasteiger partial charge is 0.408 e. The van der Waals surface area contributed by atoms with Crippen molar-refractivity contribution in [3.63, 3.8) is 0 Å². The summed E-state index contributed by atoms with van der Waals surface area (Å²) >= 11 is 0. The predicted octanol–water partition coefficient (Wildman–Crippen LogP) is 4.25. The summed E-state index contributed by atoms with van der Waals surface area (Å²) in [6, 6.07) is 5.23. The van der Waals surface area contributed by atoms with Gasteiger partial charge in [-0.05, 0) is 30.7 Å². The van der Waals surface area contributed by atoms with Gasteiger partial charge in [0.1, 0.15) is 0 Å². The topological polar surface area (TPSA) is 75.1 Å². The van der Waals surface area contributed by atoms with Crippen LogP contribution < -0.4 is 11.1 Å².